The van der Waals surface area contributed by atoms with Crippen LogP contribution >= 0.6 is 0 Å². The summed E-state index contributed by atoms with van der Waals surface area (Å²) in [6.45, 7) is 0. The molecule has 0 bridgehead atoms. The van der Waals surface area contributed by atoms with E-state index in [-0.39, 0.29) is 56.9 Å². The normalized spacial score (nSPS) is 12.7. The van der Waals surface area contributed by atoms with Crippen LogP contribution in [0.3, 0.4) is 0 Å². The van der Waals surface area contributed by atoms with Crippen LogP contribution in [0.1, 0.15) is 39.6 Å². The van der Waals surface area contributed by atoms with Crippen LogP contribution in [-0.2, 0) is 31.6 Å². The molecule has 345 valence electrons. The van der Waals surface area contributed by atoms with E-state index in [4.69, 9.17) is 0 Å². The quantitative estimate of drug-likeness (QED) is 0.120. The molecular formula is C59H45IrN7NaO3-. The second kappa shape index (κ2) is 22.5. The molecule has 0 spiro atoms. The van der Waals surface area contributed by atoms with Gasteiger partial charge in [0.15, 0.2) is 5.78 Å². The van der Waals surface area contributed by atoms with Crippen molar-refractivity contribution in [2.45, 2.75) is 11.4 Å². The predicted molar refractivity (Wildman–Crippen MR) is 269 cm³/mol. The molecule has 0 unspecified atom stereocenters. The van der Waals surface area contributed by atoms with Crippen molar-refractivity contribution in [1.29, 1.82) is 0 Å². The fourth-order valence-corrected chi connectivity index (χ4v) is 9.06. The van der Waals surface area contributed by atoms with Crippen molar-refractivity contribution in [1.82, 2.24) is 34.7 Å². The minimum atomic E-state index is -1.21. The van der Waals surface area contributed by atoms with E-state index in [0.29, 0.717) is 0 Å². The number of hydrogen-bond acceptors (Lipinski definition) is 7. The molecule has 10 nitrogen and oxygen atoms in total. The summed E-state index contributed by atoms with van der Waals surface area (Å²) in [5.74, 6) is 0.149. The number of ketones is 1. The molecule has 1 radical (unpaired) electrons. The molecule has 0 fully saturated rings. The van der Waals surface area contributed by atoms with E-state index in [1.54, 1.807) is 52.7 Å². The van der Waals surface area contributed by atoms with Crippen molar-refractivity contribution in [3.05, 3.63) is 289 Å². The number of aliphatic hydroxyl groups is 2. The summed E-state index contributed by atoms with van der Waals surface area (Å²) < 4.78 is 3.22. The molecule has 7 aromatic carbocycles. The average molecular weight is 1120 g/mol. The van der Waals surface area contributed by atoms with Crippen molar-refractivity contribution >= 4 is 5.78 Å². The Labute approximate surface area is 448 Å². The Bertz CT molecular complexity index is 3150. The Morgan fingerprint density at radius 3 is 1.20 bits per heavy atom. The van der Waals surface area contributed by atoms with Crippen LogP contribution in [0.5, 0.6) is 0 Å². The zero-order valence-electron chi connectivity index (χ0n) is 39.5. The van der Waals surface area contributed by atoms with Crippen molar-refractivity contribution in [2.24, 2.45) is 0 Å². The molecule has 3 N–H and O–H groups in total. The maximum Gasteiger partial charge on any atom is 1.00 e. The topological polar surface area (TPSA) is 135 Å². The van der Waals surface area contributed by atoms with Crippen LogP contribution < -0.4 is 29.6 Å². The maximum atomic E-state index is 11.9. The minimum Gasteiger partial charge on any atom is -1.00 e. The second-order valence-corrected chi connectivity index (χ2v) is 16.1. The van der Waals surface area contributed by atoms with Crippen molar-refractivity contribution in [2.75, 3.05) is 0 Å². The largest absolute Gasteiger partial charge is 1.00 e. The van der Waals surface area contributed by atoms with Gasteiger partial charge in [0.05, 0.1) is 0 Å². The number of fused-ring (bicyclic) bond motifs is 9. The molecule has 0 saturated heterocycles. The van der Waals surface area contributed by atoms with Gasteiger partial charge in [0.25, 0.3) is 0 Å². The Morgan fingerprint density at radius 2 is 0.859 bits per heavy atom. The molecule has 0 amide bonds. The van der Waals surface area contributed by atoms with Crippen molar-refractivity contribution in [3.63, 3.8) is 0 Å². The minimum absolute atomic E-state index is 0. The number of nitrogens with one attached hydrogen (secondary N) is 1. The molecule has 0 atom stereocenters. The molecule has 14 rings (SSSR count). The van der Waals surface area contributed by atoms with E-state index >= 15 is 0 Å². The monoisotopic (exact) mass is 1120 g/mol. The second-order valence-electron chi connectivity index (χ2n) is 16.1. The van der Waals surface area contributed by atoms with Crippen LogP contribution in [0.4, 0.5) is 0 Å². The van der Waals surface area contributed by atoms with Crippen molar-refractivity contribution < 1.29 is 66.1 Å². The van der Waals surface area contributed by atoms with Gasteiger partial charge in [0.2, 0.25) is 11.4 Å². The first-order valence-corrected chi connectivity index (χ1v) is 22.4. The van der Waals surface area contributed by atoms with Crippen LogP contribution in [0.25, 0.3) is 44.6 Å². The van der Waals surface area contributed by atoms with Crippen LogP contribution in [0.2, 0.25) is 0 Å². The first-order chi connectivity index (χ1) is 34.0. The molecule has 12 heteroatoms. The molecule has 4 heterocycles. The SMILES string of the molecule is O=C1c2ccccc2-c2ccccc21.OC1(n2cccn2)c2ccccc2-c2ccccc21.OC1(n2cccn2)c2ccccc2-c2ccccc21.[H-].[Ir].[Na+].[c-]1ccccc1-c1ccccn1.c1cn[nH]c1. The van der Waals surface area contributed by atoms with Gasteiger partial charge < -0.3 is 16.6 Å². The van der Waals surface area contributed by atoms with E-state index in [1.165, 1.54) is 0 Å². The fourth-order valence-electron chi connectivity index (χ4n) is 9.06. The summed E-state index contributed by atoms with van der Waals surface area (Å²) in [5.41, 5.74) is 11.1. The van der Waals surface area contributed by atoms with Gasteiger partial charge in [-0.05, 0) is 63.3 Å². The molecule has 4 aromatic heterocycles. The van der Waals surface area contributed by atoms with Gasteiger partial charge in [-0.25, -0.2) is 9.36 Å². The fraction of sp³-hybridized carbons (Fsp3) is 0.0339. The number of benzene rings is 7. The Morgan fingerprint density at radius 1 is 0.451 bits per heavy atom. The number of carbonyl (C=O) groups excluding carboxylic acids is 1. The molecule has 0 aliphatic heterocycles. The Kier molecular flexibility index (Phi) is 15.9. The standard InChI is InChI=1S/2C16H12N2O.C13H8O.C11H8N.C3H4N2.Ir.Na.H/c2*19-16(18-11-5-10-17-18)14-8-3-1-6-12(14)13-7-2-4-9-15(13)16;14-13-11-7-3-1-5-9(11)10-6-2-4-8-12(10)13;1-2-6-10(7-3-1)11-8-4-5-9-12-11;1-2-4-5-3-1;;;/h2*1-11,19H;1-8H;1-6,8-9H;1-3H,(H,4,5);;;/q;;;-1;;;+1;-1. The summed E-state index contributed by atoms with van der Waals surface area (Å²) >= 11 is 0. The zero-order chi connectivity index (χ0) is 47.0. The number of nitrogens with zero attached hydrogens (tertiary/aromatic N) is 6. The Balaban J connectivity index is 0.000000136. The smallest absolute Gasteiger partial charge is 1.00 e. The van der Waals surface area contributed by atoms with E-state index in [0.717, 1.165) is 78.0 Å². The van der Waals surface area contributed by atoms with Gasteiger partial charge in [-0.2, -0.15) is 15.3 Å². The number of carbonyl (C=O) groups is 1. The van der Waals surface area contributed by atoms with Crippen LogP contribution in [-0.4, -0.2) is 50.7 Å². The number of H-pyrrole nitrogens is 1. The van der Waals surface area contributed by atoms with Gasteiger partial charge >= 0.3 is 29.6 Å². The van der Waals surface area contributed by atoms with Crippen molar-refractivity contribution in [3.8, 4) is 44.6 Å². The van der Waals surface area contributed by atoms with E-state index < -0.39 is 11.4 Å². The third-order valence-corrected chi connectivity index (χ3v) is 12.2. The summed E-state index contributed by atoms with van der Waals surface area (Å²) in [6, 6.07) is 69.5. The predicted octanol–water partition coefficient (Wildman–Crippen LogP) is 8.18. The Hall–Kier alpha value is -7.44. The summed E-state index contributed by atoms with van der Waals surface area (Å²) in [4.78, 5) is 16.1. The van der Waals surface area contributed by atoms with Gasteiger partial charge in [-0.1, -0.05) is 158 Å². The number of rotatable bonds is 3. The van der Waals surface area contributed by atoms with E-state index in [9.17, 15) is 15.0 Å². The van der Waals surface area contributed by atoms with Gasteiger partial charge in [0, 0.05) is 96.9 Å². The first-order valence-electron chi connectivity index (χ1n) is 22.4. The number of aromatic nitrogens is 7. The summed E-state index contributed by atoms with van der Waals surface area (Å²) in [6.07, 6.45) is 12.2. The number of aromatic amines is 1. The molecule has 3 aliphatic carbocycles. The van der Waals surface area contributed by atoms with Crippen LogP contribution in [0.15, 0.2) is 250 Å². The summed E-state index contributed by atoms with van der Waals surface area (Å²) in [5, 5.41) is 37.2. The van der Waals surface area contributed by atoms with Gasteiger partial charge in [0.1, 0.15) is 0 Å². The van der Waals surface area contributed by atoms with E-state index in [2.05, 4.69) is 31.4 Å². The third kappa shape index (κ3) is 9.73. The summed E-state index contributed by atoms with van der Waals surface area (Å²) in [7, 11) is 0. The molecule has 71 heavy (non-hydrogen) atoms. The third-order valence-electron chi connectivity index (χ3n) is 12.2. The number of hydrogen-bond donors (Lipinski definition) is 3. The average Bonchev–Trinajstić information content (AvgIpc) is 4.32. The van der Waals surface area contributed by atoms with Crippen LogP contribution in [0, 0.1) is 6.07 Å². The van der Waals surface area contributed by atoms with Gasteiger partial charge in [-0.3, -0.25) is 9.89 Å². The molecular weight excluding hydrogens is 1070 g/mol. The first kappa shape index (κ1) is 50.0. The number of pyridine rings is 1. The molecule has 3 aliphatic rings. The van der Waals surface area contributed by atoms with E-state index in [1.807, 2.05) is 206 Å². The van der Waals surface area contributed by atoms with Gasteiger partial charge in [-0.15, -0.1) is 35.9 Å². The molecule has 0 saturated carbocycles. The maximum absolute atomic E-state index is 11.9. The molecule has 11 aromatic rings. The zero-order valence-corrected chi connectivity index (χ0v) is 42.9.